The Morgan fingerprint density at radius 3 is 2.69 bits per heavy atom. The van der Waals surface area contributed by atoms with Gasteiger partial charge in [-0.25, -0.2) is 15.0 Å². The number of aromatic nitrogens is 3. The summed E-state index contributed by atoms with van der Waals surface area (Å²) in [4.78, 5) is 27.6. The van der Waals surface area contributed by atoms with E-state index in [4.69, 9.17) is 10.7 Å². The Bertz CT molecular complexity index is 914. The molecule has 1 amide bonds. The topological polar surface area (TPSA) is 85.0 Å². The van der Waals surface area contributed by atoms with Crippen molar-refractivity contribution in [3.05, 3.63) is 34.1 Å². The smallest absolute Gasteiger partial charge is 0.225 e. The second-order valence-corrected chi connectivity index (χ2v) is 8.04. The number of primary amides is 1. The Labute approximate surface area is 159 Å². The zero-order chi connectivity index (χ0) is 18.1. The number of thiophene rings is 1. The summed E-state index contributed by atoms with van der Waals surface area (Å²) in [5.74, 6) is 0.435. The average molecular weight is 386 g/mol. The lowest BCUT2D eigenvalue weighted by Crippen LogP contribution is -2.39. The standard InChI is InChI=1S/C18H19N5OS2/c1-11-9-26-17(21-11)15-14(13-4-7-25-10-13)8-20-18(22-15)23-5-2-12(3-6-23)16(19)24/h4,7-10,12H,2-3,5-6H2,1H3,(H2,19,24). The number of aryl methyl sites for hydroxylation is 1. The maximum atomic E-state index is 11.4. The Morgan fingerprint density at radius 1 is 1.27 bits per heavy atom. The van der Waals surface area contributed by atoms with Gasteiger partial charge in [-0.2, -0.15) is 11.3 Å². The molecular weight excluding hydrogens is 366 g/mol. The van der Waals surface area contributed by atoms with Crippen molar-refractivity contribution in [3.63, 3.8) is 0 Å². The monoisotopic (exact) mass is 385 g/mol. The summed E-state index contributed by atoms with van der Waals surface area (Å²) in [5, 5.41) is 7.09. The number of carbonyl (C=O) groups is 1. The van der Waals surface area contributed by atoms with Crippen molar-refractivity contribution in [1.82, 2.24) is 15.0 Å². The summed E-state index contributed by atoms with van der Waals surface area (Å²) in [6, 6.07) is 2.07. The van der Waals surface area contributed by atoms with E-state index in [9.17, 15) is 4.79 Å². The summed E-state index contributed by atoms with van der Waals surface area (Å²) in [5.41, 5.74) is 9.39. The fourth-order valence-corrected chi connectivity index (χ4v) is 4.60. The molecular formula is C18H19N5OS2. The van der Waals surface area contributed by atoms with Crippen molar-refractivity contribution >= 4 is 34.5 Å². The molecule has 4 rings (SSSR count). The molecule has 0 aliphatic carbocycles. The summed E-state index contributed by atoms with van der Waals surface area (Å²) in [7, 11) is 0. The number of nitrogens with zero attached hydrogens (tertiary/aromatic N) is 4. The molecule has 1 fully saturated rings. The molecule has 0 aromatic carbocycles. The van der Waals surface area contributed by atoms with Gasteiger partial charge >= 0.3 is 0 Å². The number of anilines is 1. The van der Waals surface area contributed by atoms with Crippen LogP contribution in [0.4, 0.5) is 5.95 Å². The molecule has 4 heterocycles. The lowest BCUT2D eigenvalue weighted by molar-refractivity contribution is -0.122. The average Bonchev–Trinajstić information content (AvgIpc) is 3.33. The first-order chi connectivity index (χ1) is 12.6. The predicted octanol–water partition coefficient (Wildman–Crippen LogP) is 3.34. The van der Waals surface area contributed by atoms with Crippen LogP contribution in [0.15, 0.2) is 28.4 Å². The lowest BCUT2D eigenvalue weighted by atomic mass is 9.96. The van der Waals surface area contributed by atoms with E-state index < -0.39 is 0 Å². The third-order valence-corrected chi connectivity index (χ3v) is 6.26. The normalized spacial score (nSPS) is 15.3. The molecule has 3 aromatic heterocycles. The number of hydrogen-bond acceptors (Lipinski definition) is 7. The maximum Gasteiger partial charge on any atom is 0.225 e. The van der Waals surface area contributed by atoms with Crippen molar-refractivity contribution < 1.29 is 4.79 Å². The van der Waals surface area contributed by atoms with Gasteiger partial charge in [-0.05, 0) is 42.2 Å². The summed E-state index contributed by atoms with van der Waals surface area (Å²) < 4.78 is 0. The number of hydrogen-bond donors (Lipinski definition) is 1. The second-order valence-electron chi connectivity index (χ2n) is 6.40. The van der Waals surface area contributed by atoms with Crippen LogP contribution < -0.4 is 10.6 Å². The number of amides is 1. The molecule has 0 bridgehead atoms. The zero-order valence-electron chi connectivity index (χ0n) is 14.4. The van der Waals surface area contributed by atoms with Gasteiger partial charge in [0.25, 0.3) is 0 Å². The first-order valence-electron chi connectivity index (χ1n) is 8.48. The van der Waals surface area contributed by atoms with Gasteiger partial charge in [0.15, 0.2) is 0 Å². The fraction of sp³-hybridized carbons (Fsp3) is 0.333. The molecule has 0 radical (unpaired) electrons. The number of rotatable bonds is 4. The number of thiazole rings is 1. The minimum atomic E-state index is -0.211. The van der Waals surface area contributed by atoms with Gasteiger partial charge in [0.1, 0.15) is 10.7 Å². The summed E-state index contributed by atoms with van der Waals surface area (Å²) in [6.45, 7) is 3.46. The third-order valence-electron chi connectivity index (χ3n) is 4.61. The van der Waals surface area contributed by atoms with E-state index in [1.165, 1.54) is 0 Å². The highest BCUT2D eigenvalue weighted by Gasteiger charge is 2.25. The van der Waals surface area contributed by atoms with E-state index in [0.717, 1.165) is 53.5 Å². The Balaban J connectivity index is 1.69. The van der Waals surface area contributed by atoms with Crippen LogP contribution in [0.3, 0.4) is 0 Å². The molecule has 134 valence electrons. The van der Waals surface area contributed by atoms with Gasteiger partial charge in [0, 0.05) is 41.8 Å². The Kier molecular flexibility index (Phi) is 4.69. The quantitative estimate of drug-likeness (QED) is 0.744. The van der Waals surface area contributed by atoms with E-state index in [1.54, 1.807) is 22.7 Å². The maximum absolute atomic E-state index is 11.4. The van der Waals surface area contributed by atoms with Crippen LogP contribution in [-0.4, -0.2) is 33.9 Å². The van der Waals surface area contributed by atoms with Gasteiger partial charge in [0.2, 0.25) is 11.9 Å². The van der Waals surface area contributed by atoms with Crippen LogP contribution in [0.25, 0.3) is 21.8 Å². The van der Waals surface area contributed by atoms with Crippen molar-refractivity contribution in [3.8, 4) is 21.8 Å². The molecule has 26 heavy (non-hydrogen) atoms. The van der Waals surface area contributed by atoms with Gasteiger partial charge in [0.05, 0.1) is 0 Å². The van der Waals surface area contributed by atoms with Crippen LogP contribution in [0.5, 0.6) is 0 Å². The van der Waals surface area contributed by atoms with Crippen LogP contribution in [0.2, 0.25) is 0 Å². The van der Waals surface area contributed by atoms with Gasteiger partial charge < -0.3 is 10.6 Å². The predicted molar refractivity (Wildman–Crippen MR) is 105 cm³/mol. The minimum absolute atomic E-state index is 0.0441. The third kappa shape index (κ3) is 3.34. The van der Waals surface area contributed by atoms with E-state index in [1.807, 2.05) is 18.5 Å². The Morgan fingerprint density at radius 2 is 2.08 bits per heavy atom. The van der Waals surface area contributed by atoms with Crippen LogP contribution in [0.1, 0.15) is 18.5 Å². The van der Waals surface area contributed by atoms with Crippen molar-refractivity contribution in [1.29, 1.82) is 0 Å². The highest BCUT2D eigenvalue weighted by molar-refractivity contribution is 7.13. The first-order valence-corrected chi connectivity index (χ1v) is 10.3. The van der Waals surface area contributed by atoms with E-state index >= 15 is 0 Å². The molecule has 1 saturated heterocycles. The summed E-state index contributed by atoms with van der Waals surface area (Å²) in [6.07, 6.45) is 3.38. The Hall–Kier alpha value is -2.32. The van der Waals surface area contributed by atoms with E-state index in [-0.39, 0.29) is 11.8 Å². The minimum Gasteiger partial charge on any atom is -0.369 e. The number of carbonyl (C=O) groups excluding carboxylic acids is 1. The molecule has 6 nitrogen and oxygen atoms in total. The molecule has 1 aliphatic rings. The molecule has 0 saturated carbocycles. The largest absolute Gasteiger partial charge is 0.369 e. The van der Waals surface area contributed by atoms with Gasteiger partial charge in [-0.3, -0.25) is 4.79 Å². The molecule has 3 aromatic rings. The highest BCUT2D eigenvalue weighted by atomic mass is 32.1. The molecule has 8 heteroatoms. The molecule has 2 N–H and O–H groups in total. The van der Waals surface area contributed by atoms with Gasteiger partial charge in [-0.15, -0.1) is 11.3 Å². The highest BCUT2D eigenvalue weighted by Crippen LogP contribution is 2.34. The fourth-order valence-electron chi connectivity index (χ4n) is 3.14. The van der Waals surface area contributed by atoms with Gasteiger partial charge in [-0.1, -0.05) is 0 Å². The second kappa shape index (κ2) is 7.13. The van der Waals surface area contributed by atoms with E-state index in [2.05, 4.69) is 31.7 Å². The lowest BCUT2D eigenvalue weighted by Gasteiger charge is -2.30. The first kappa shape index (κ1) is 17.1. The number of piperidine rings is 1. The van der Waals surface area contributed by atoms with Crippen molar-refractivity contribution in [2.45, 2.75) is 19.8 Å². The number of nitrogens with two attached hydrogens (primary N) is 1. The molecule has 0 unspecified atom stereocenters. The van der Waals surface area contributed by atoms with Crippen molar-refractivity contribution in [2.24, 2.45) is 11.7 Å². The SMILES string of the molecule is Cc1csc(-c2nc(N3CCC(C(N)=O)CC3)ncc2-c2ccsc2)n1. The summed E-state index contributed by atoms with van der Waals surface area (Å²) >= 11 is 3.25. The molecule has 0 spiro atoms. The zero-order valence-corrected chi connectivity index (χ0v) is 16.0. The van der Waals surface area contributed by atoms with Crippen LogP contribution in [-0.2, 0) is 4.79 Å². The van der Waals surface area contributed by atoms with E-state index in [0.29, 0.717) is 5.95 Å². The van der Waals surface area contributed by atoms with Crippen molar-refractivity contribution in [2.75, 3.05) is 18.0 Å². The molecule has 1 aliphatic heterocycles. The van der Waals surface area contributed by atoms with Crippen LogP contribution in [0, 0.1) is 12.8 Å². The molecule has 0 atom stereocenters. The van der Waals surface area contributed by atoms with Crippen LogP contribution >= 0.6 is 22.7 Å².